The molecule has 1 N–H and O–H groups in total. The lowest BCUT2D eigenvalue weighted by molar-refractivity contribution is -0.00911. The molecule has 1 aromatic heterocycles. The summed E-state index contributed by atoms with van der Waals surface area (Å²) in [6, 6.07) is 1.52. The molecule has 1 unspecified atom stereocenters. The maximum absolute atomic E-state index is 13.5. The van der Waals surface area contributed by atoms with Gasteiger partial charge in [0.15, 0.2) is 6.23 Å². The molecule has 0 aromatic carbocycles. The standard InChI is InChI=1S/C13H17FN2O3/c1-2-3-8-19-13(18)16-7-5-9-10(12(16)17)4-6-15-11(9)14/h4,6,12,17H,2-3,5,7-8H2,1H3. The van der Waals surface area contributed by atoms with Crippen molar-refractivity contribution >= 4 is 6.09 Å². The highest BCUT2D eigenvalue weighted by Crippen LogP contribution is 2.28. The number of rotatable bonds is 3. The van der Waals surface area contributed by atoms with Crippen molar-refractivity contribution in [3.05, 3.63) is 29.3 Å². The summed E-state index contributed by atoms with van der Waals surface area (Å²) in [4.78, 5) is 16.6. The van der Waals surface area contributed by atoms with Crippen molar-refractivity contribution in [1.29, 1.82) is 0 Å². The van der Waals surface area contributed by atoms with Gasteiger partial charge in [-0.1, -0.05) is 13.3 Å². The number of hydrogen-bond donors (Lipinski definition) is 1. The van der Waals surface area contributed by atoms with Crippen molar-refractivity contribution in [3.63, 3.8) is 0 Å². The minimum Gasteiger partial charge on any atom is -0.449 e. The van der Waals surface area contributed by atoms with Crippen LogP contribution in [0.25, 0.3) is 0 Å². The van der Waals surface area contributed by atoms with Gasteiger partial charge in [-0.3, -0.25) is 4.90 Å². The van der Waals surface area contributed by atoms with Crippen LogP contribution in [0.1, 0.15) is 37.1 Å². The predicted molar refractivity (Wildman–Crippen MR) is 65.8 cm³/mol. The third-order valence-electron chi connectivity index (χ3n) is 3.17. The van der Waals surface area contributed by atoms with Crippen molar-refractivity contribution < 1.29 is 19.0 Å². The predicted octanol–water partition coefficient (Wildman–Crippen LogP) is 2.01. The number of fused-ring (bicyclic) bond motifs is 1. The Kier molecular flexibility index (Phi) is 4.31. The molecule has 0 fully saturated rings. The maximum atomic E-state index is 13.5. The van der Waals surface area contributed by atoms with Crippen LogP contribution in [0.5, 0.6) is 0 Å². The van der Waals surface area contributed by atoms with Crippen LogP contribution in [-0.2, 0) is 11.2 Å². The van der Waals surface area contributed by atoms with E-state index >= 15 is 0 Å². The molecular weight excluding hydrogens is 251 g/mol. The van der Waals surface area contributed by atoms with Crippen molar-refractivity contribution in [2.45, 2.75) is 32.4 Å². The molecule has 0 aliphatic carbocycles. The molecule has 2 rings (SSSR count). The number of carbonyl (C=O) groups excluding carboxylic acids is 1. The van der Waals surface area contributed by atoms with E-state index in [0.29, 0.717) is 24.2 Å². The third kappa shape index (κ3) is 2.84. The molecule has 1 aromatic rings. The van der Waals surface area contributed by atoms with Gasteiger partial charge in [-0.2, -0.15) is 4.39 Å². The molecule has 0 saturated carbocycles. The third-order valence-corrected chi connectivity index (χ3v) is 3.17. The van der Waals surface area contributed by atoms with E-state index in [2.05, 4.69) is 4.98 Å². The van der Waals surface area contributed by atoms with E-state index in [1.165, 1.54) is 17.2 Å². The summed E-state index contributed by atoms with van der Waals surface area (Å²) >= 11 is 0. The van der Waals surface area contributed by atoms with Gasteiger partial charge in [-0.15, -0.1) is 0 Å². The largest absolute Gasteiger partial charge is 0.449 e. The van der Waals surface area contributed by atoms with Crippen LogP contribution in [0.2, 0.25) is 0 Å². The maximum Gasteiger partial charge on any atom is 0.412 e. The summed E-state index contributed by atoms with van der Waals surface area (Å²) in [6.07, 6.45) is 1.58. The van der Waals surface area contributed by atoms with Gasteiger partial charge in [0, 0.05) is 23.9 Å². The average Bonchev–Trinajstić information content (AvgIpc) is 2.40. The second kappa shape index (κ2) is 5.97. The second-order valence-corrected chi connectivity index (χ2v) is 4.45. The van der Waals surface area contributed by atoms with Crippen molar-refractivity contribution in [2.75, 3.05) is 13.2 Å². The summed E-state index contributed by atoms with van der Waals surface area (Å²) in [7, 11) is 0. The molecule has 104 valence electrons. The number of halogens is 1. The summed E-state index contributed by atoms with van der Waals surface area (Å²) in [6.45, 7) is 2.55. The molecule has 1 aliphatic rings. The smallest absolute Gasteiger partial charge is 0.412 e. The summed E-state index contributed by atoms with van der Waals surface area (Å²) < 4.78 is 18.5. The fourth-order valence-electron chi connectivity index (χ4n) is 2.07. The molecule has 2 heterocycles. The normalized spacial score (nSPS) is 18.1. The van der Waals surface area contributed by atoms with Crippen LogP contribution in [-0.4, -0.2) is 34.2 Å². The van der Waals surface area contributed by atoms with Crippen LogP contribution in [0.4, 0.5) is 9.18 Å². The van der Waals surface area contributed by atoms with Crippen LogP contribution in [0.3, 0.4) is 0 Å². The van der Waals surface area contributed by atoms with Crippen molar-refractivity contribution in [1.82, 2.24) is 9.88 Å². The average molecular weight is 268 g/mol. The fourth-order valence-corrected chi connectivity index (χ4v) is 2.07. The molecular formula is C13H17FN2O3. The Morgan fingerprint density at radius 1 is 1.68 bits per heavy atom. The number of hydrogen-bond acceptors (Lipinski definition) is 4. The van der Waals surface area contributed by atoms with Crippen LogP contribution < -0.4 is 0 Å². The minimum absolute atomic E-state index is 0.224. The lowest BCUT2D eigenvalue weighted by Crippen LogP contribution is -2.40. The van der Waals surface area contributed by atoms with Crippen LogP contribution in [0.15, 0.2) is 12.3 Å². The lowest BCUT2D eigenvalue weighted by Gasteiger charge is -2.32. The number of unbranched alkanes of at least 4 members (excludes halogenated alkanes) is 1. The van der Waals surface area contributed by atoms with Crippen molar-refractivity contribution in [2.24, 2.45) is 0 Å². The zero-order chi connectivity index (χ0) is 13.8. The van der Waals surface area contributed by atoms with Crippen molar-refractivity contribution in [3.8, 4) is 0 Å². The van der Waals surface area contributed by atoms with Gasteiger partial charge in [-0.25, -0.2) is 9.78 Å². The van der Waals surface area contributed by atoms with Crippen LogP contribution >= 0.6 is 0 Å². The van der Waals surface area contributed by atoms with Gasteiger partial charge < -0.3 is 9.84 Å². The number of nitrogens with zero attached hydrogens (tertiary/aromatic N) is 2. The monoisotopic (exact) mass is 268 g/mol. The highest BCUT2D eigenvalue weighted by atomic mass is 19.1. The molecule has 1 amide bonds. The van der Waals surface area contributed by atoms with E-state index < -0.39 is 18.3 Å². The van der Waals surface area contributed by atoms with Gasteiger partial charge in [-0.05, 0) is 18.9 Å². The summed E-state index contributed by atoms with van der Waals surface area (Å²) in [5.41, 5.74) is 0.749. The molecule has 0 radical (unpaired) electrons. The van der Waals surface area contributed by atoms with E-state index in [4.69, 9.17) is 4.74 Å². The first-order valence-electron chi connectivity index (χ1n) is 6.40. The molecule has 6 heteroatoms. The molecule has 1 aliphatic heterocycles. The van der Waals surface area contributed by atoms with Gasteiger partial charge in [0.05, 0.1) is 6.61 Å². The zero-order valence-corrected chi connectivity index (χ0v) is 10.8. The molecule has 19 heavy (non-hydrogen) atoms. The highest BCUT2D eigenvalue weighted by Gasteiger charge is 2.31. The Labute approximate surface area is 111 Å². The Morgan fingerprint density at radius 3 is 3.21 bits per heavy atom. The number of pyridine rings is 1. The summed E-state index contributed by atoms with van der Waals surface area (Å²) in [5.74, 6) is -0.587. The van der Waals surface area contributed by atoms with E-state index in [-0.39, 0.29) is 6.54 Å². The highest BCUT2D eigenvalue weighted by molar-refractivity contribution is 5.68. The molecule has 5 nitrogen and oxygen atoms in total. The number of ether oxygens (including phenoxy) is 1. The Balaban J connectivity index is 2.08. The molecule has 0 spiro atoms. The number of aliphatic hydroxyl groups excluding tert-OH is 1. The first-order chi connectivity index (χ1) is 9.15. The minimum atomic E-state index is -1.17. The number of amides is 1. The van der Waals surface area contributed by atoms with E-state index in [1.807, 2.05) is 6.92 Å². The number of aliphatic hydroxyl groups is 1. The van der Waals surface area contributed by atoms with E-state index in [0.717, 1.165) is 12.8 Å². The topological polar surface area (TPSA) is 62.7 Å². The SMILES string of the molecule is CCCCOC(=O)N1CCc2c(ccnc2F)C1O. The Bertz CT molecular complexity index is 467. The number of carbonyl (C=O) groups is 1. The molecule has 1 atom stereocenters. The van der Waals surface area contributed by atoms with Gasteiger partial charge in [0.2, 0.25) is 5.95 Å². The zero-order valence-electron chi connectivity index (χ0n) is 10.8. The van der Waals surface area contributed by atoms with E-state index in [1.54, 1.807) is 0 Å². The first kappa shape index (κ1) is 13.7. The van der Waals surface area contributed by atoms with Gasteiger partial charge in [0.1, 0.15) is 0 Å². The van der Waals surface area contributed by atoms with Crippen LogP contribution in [0, 0.1) is 5.95 Å². The lowest BCUT2D eigenvalue weighted by atomic mass is 10.0. The van der Waals surface area contributed by atoms with E-state index in [9.17, 15) is 14.3 Å². The summed E-state index contributed by atoms with van der Waals surface area (Å²) in [5, 5.41) is 10.1. The Morgan fingerprint density at radius 2 is 2.47 bits per heavy atom. The molecule has 0 bridgehead atoms. The molecule has 0 saturated heterocycles. The quantitative estimate of drug-likeness (QED) is 0.673. The second-order valence-electron chi connectivity index (χ2n) is 4.45. The van der Waals surface area contributed by atoms with Gasteiger partial charge >= 0.3 is 6.09 Å². The van der Waals surface area contributed by atoms with Gasteiger partial charge in [0.25, 0.3) is 0 Å². The fraction of sp³-hybridized carbons (Fsp3) is 0.538. The first-order valence-corrected chi connectivity index (χ1v) is 6.40. The number of aromatic nitrogens is 1. The Hall–Kier alpha value is -1.69.